The van der Waals surface area contributed by atoms with Crippen LogP contribution in [0.2, 0.25) is 0 Å². The van der Waals surface area contributed by atoms with Crippen LogP contribution in [0.25, 0.3) is 0 Å². The molecule has 1 heterocycles. The normalized spacial score (nSPS) is 25.3. The smallest absolute Gasteiger partial charge is 0.0302 e. The molecule has 1 saturated carbocycles. The van der Waals surface area contributed by atoms with E-state index in [2.05, 4.69) is 45.1 Å². The Balaban J connectivity index is 1.93. The predicted octanol–water partition coefficient (Wildman–Crippen LogP) is 4.75. The van der Waals surface area contributed by atoms with Crippen LogP contribution in [0.4, 0.5) is 0 Å². The molecule has 0 saturated heterocycles. The van der Waals surface area contributed by atoms with Crippen LogP contribution in [0, 0.1) is 18.3 Å². The van der Waals surface area contributed by atoms with Crippen LogP contribution < -0.4 is 5.32 Å². The highest BCUT2D eigenvalue weighted by atomic mass is 32.1. The van der Waals surface area contributed by atoms with E-state index >= 15 is 0 Å². The molecular weight excluding hydrogens is 238 g/mol. The maximum Gasteiger partial charge on any atom is 0.0302 e. The summed E-state index contributed by atoms with van der Waals surface area (Å²) in [7, 11) is 0. The second-order valence-corrected chi connectivity index (χ2v) is 8.13. The second kappa shape index (κ2) is 5.75. The molecule has 2 heteroatoms. The van der Waals surface area contributed by atoms with E-state index in [1.165, 1.54) is 35.4 Å². The first-order valence-electron chi connectivity index (χ1n) is 7.25. The van der Waals surface area contributed by atoms with Gasteiger partial charge in [0.25, 0.3) is 0 Å². The van der Waals surface area contributed by atoms with Gasteiger partial charge >= 0.3 is 0 Å². The van der Waals surface area contributed by atoms with Crippen LogP contribution in [-0.4, -0.2) is 6.04 Å². The van der Waals surface area contributed by atoms with Crippen LogP contribution in [0.1, 0.15) is 56.2 Å². The Morgan fingerprint density at radius 1 is 1.22 bits per heavy atom. The molecule has 2 rings (SSSR count). The molecule has 0 aliphatic heterocycles. The Kier molecular flexibility index (Phi) is 4.50. The first-order chi connectivity index (χ1) is 8.47. The van der Waals surface area contributed by atoms with Crippen LogP contribution in [-0.2, 0) is 6.54 Å². The molecule has 1 nitrogen and oxygen atoms in total. The summed E-state index contributed by atoms with van der Waals surface area (Å²) in [6.07, 6.45) is 5.56. The first kappa shape index (κ1) is 14.1. The van der Waals surface area contributed by atoms with Crippen molar-refractivity contribution < 1.29 is 0 Å². The Morgan fingerprint density at radius 2 is 1.94 bits per heavy atom. The standard InChI is InChI=1S/C16H27NS/c1-12-9-10-13(18-12)11-17-15-8-6-5-7-14(15)16(2,3)4/h9-10,14-15,17H,5-8,11H2,1-4H3. The number of hydrogen-bond donors (Lipinski definition) is 1. The second-order valence-electron chi connectivity index (χ2n) is 6.76. The van der Waals surface area contributed by atoms with E-state index in [0.717, 1.165) is 12.5 Å². The minimum Gasteiger partial charge on any atom is -0.309 e. The van der Waals surface area contributed by atoms with Gasteiger partial charge in [0.05, 0.1) is 0 Å². The molecule has 1 aliphatic rings. The zero-order valence-electron chi connectivity index (χ0n) is 12.3. The summed E-state index contributed by atoms with van der Waals surface area (Å²) in [6.45, 7) is 10.4. The summed E-state index contributed by atoms with van der Waals surface area (Å²) < 4.78 is 0. The maximum absolute atomic E-state index is 3.82. The van der Waals surface area contributed by atoms with Crippen LogP contribution >= 0.6 is 11.3 Å². The third-order valence-electron chi connectivity index (χ3n) is 4.21. The van der Waals surface area contributed by atoms with Gasteiger partial charge in [-0.25, -0.2) is 0 Å². The largest absolute Gasteiger partial charge is 0.309 e. The summed E-state index contributed by atoms with van der Waals surface area (Å²) in [4.78, 5) is 2.90. The molecule has 18 heavy (non-hydrogen) atoms. The summed E-state index contributed by atoms with van der Waals surface area (Å²) in [5, 5.41) is 3.82. The summed E-state index contributed by atoms with van der Waals surface area (Å²) in [5.74, 6) is 0.826. The van der Waals surface area contributed by atoms with Gasteiger partial charge in [-0.1, -0.05) is 33.6 Å². The first-order valence-corrected chi connectivity index (χ1v) is 8.07. The van der Waals surface area contributed by atoms with Gasteiger partial charge < -0.3 is 5.32 Å². The molecule has 0 amide bonds. The molecule has 1 aromatic rings. The number of hydrogen-bond acceptors (Lipinski definition) is 2. The lowest BCUT2D eigenvalue weighted by Gasteiger charge is -2.41. The minimum absolute atomic E-state index is 0.434. The minimum atomic E-state index is 0.434. The van der Waals surface area contributed by atoms with E-state index in [1.54, 1.807) is 0 Å². The van der Waals surface area contributed by atoms with E-state index in [1.807, 2.05) is 11.3 Å². The van der Waals surface area contributed by atoms with Crippen molar-refractivity contribution >= 4 is 11.3 Å². The molecule has 0 aromatic carbocycles. The number of nitrogens with one attached hydrogen (secondary N) is 1. The van der Waals surface area contributed by atoms with E-state index in [-0.39, 0.29) is 0 Å². The van der Waals surface area contributed by atoms with E-state index < -0.39 is 0 Å². The molecule has 0 spiro atoms. The average molecular weight is 265 g/mol. The number of thiophene rings is 1. The molecule has 1 aliphatic carbocycles. The Morgan fingerprint density at radius 3 is 2.56 bits per heavy atom. The average Bonchev–Trinajstić information content (AvgIpc) is 2.72. The van der Waals surface area contributed by atoms with Crippen molar-refractivity contribution in [3.8, 4) is 0 Å². The van der Waals surface area contributed by atoms with Gasteiger partial charge in [0.1, 0.15) is 0 Å². The summed E-state index contributed by atoms with van der Waals surface area (Å²) in [5.41, 5.74) is 0.434. The van der Waals surface area contributed by atoms with Gasteiger partial charge in [0, 0.05) is 22.3 Å². The van der Waals surface area contributed by atoms with Crippen molar-refractivity contribution in [2.45, 2.75) is 66.0 Å². The van der Waals surface area contributed by atoms with Crippen molar-refractivity contribution in [1.29, 1.82) is 0 Å². The summed E-state index contributed by atoms with van der Waals surface area (Å²) >= 11 is 1.92. The zero-order chi connectivity index (χ0) is 13.2. The monoisotopic (exact) mass is 265 g/mol. The van der Waals surface area contributed by atoms with E-state index in [4.69, 9.17) is 0 Å². The SMILES string of the molecule is Cc1ccc(CNC2CCCCC2C(C)(C)C)s1. The highest BCUT2D eigenvalue weighted by molar-refractivity contribution is 7.11. The zero-order valence-corrected chi connectivity index (χ0v) is 13.1. The van der Waals surface area contributed by atoms with Gasteiger partial charge in [-0.3, -0.25) is 0 Å². The number of aryl methyl sites for hydroxylation is 1. The lowest BCUT2D eigenvalue weighted by molar-refractivity contribution is 0.130. The molecule has 2 atom stereocenters. The molecule has 0 radical (unpaired) electrons. The van der Waals surface area contributed by atoms with Crippen molar-refractivity contribution in [2.24, 2.45) is 11.3 Å². The van der Waals surface area contributed by atoms with Crippen molar-refractivity contribution in [3.05, 3.63) is 21.9 Å². The van der Waals surface area contributed by atoms with E-state index in [9.17, 15) is 0 Å². The van der Waals surface area contributed by atoms with Gasteiger partial charge in [-0.05, 0) is 43.2 Å². The molecule has 1 aromatic heterocycles. The lowest BCUT2D eigenvalue weighted by Crippen LogP contribution is -2.43. The Labute approximate surface area is 116 Å². The van der Waals surface area contributed by atoms with Crippen LogP contribution in [0.15, 0.2) is 12.1 Å². The highest BCUT2D eigenvalue weighted by Gasteiger charge is 2.33. The Hall–Kier alpha value is -0.340. The van der Waals surface area contributed by atoms with Crippen LogP contribution in [0.3, 0.4) is 0 Å². The molecule has 102 valence electrons. The predicted molar refractivity (Wildman–Crippen MR) is 81.1 cm³/mol. The molecule has 0 bridgehead atoms. The van der Waals surface area contributed by atoms with Gasteiger partial charge in [0.15, 0.2) is 0 Å². The fourth-order valence-electron chi connectivity index (χ4n) is 3.22. The van der Waals surface area contributed by atoms with Crippen LogP contribution in [0.5, 0.6) is 0 Å². The van der Waals surface area contributed by atoms with Gasteiger partial charge in [-0.2, -0.15) is 0 Å². The third-order valence-corrected chi connectivity index (χ3v) is 5.21. The van der Waals surface area contributed by atoms with E-state index in [0.29, 0.717) is 11.5 Å². The molecular formula is C16H27NS. The topological polar surface area (TPSA) is 12.0 Å². The van der Waals surface area contributed by atoms with Crippen molar-refractivity contribution in [1.82, 2.24) is 5.32 Å². The third kappa shape index (κ3) is 3.58. The molecule has 1 N–H and O–H groups in total. The summed E-state index contributed by atoms with van der Waals surface area (Å²) in [6, 6.07) is 5.20. The maximum atomic E-state index is 3.82. The number of rotatable bonds is 3. The Bertz CT molecular complexity index is 375. The highest BCUT2D eigenvalue weighted by Crippen LogP contribution is 2.38. The fraction of sp³-hybridized carbons (Fsp3) is 0.750. The fourth-order valence-corrected chi connectivity index (χ4v) is 4.06. The lowest BCUT2D eigenvalue weighted by atomic mass is 9.69. The van der Waals surface area contributed by atoms with Crippen molar-refractivity contribution in [2.75, 3.05) is 0 Å². The van der Waals surface area contributed by atoms with Crippen molar-refractivity contribution in [3.63, 3.8) is 0 Å². The quantitative estimate of drug-likeness (QED) is 0.831. The van der Waals surface area contributed by atoms with Gasteiger partial charge in [-0.15, -0.1) is 11.3 Å². The molecule has 2 unspecified atom stereocenters. The molecule has 1 fully saturated rings. The van der Waals surface area contributed by atoms with Gasteiger partial charge in [0.2, 0.25) is 0 Å².